The molecule has 0 saturated heterocycles. The maximum absolute atomic E-state index is 12.8. The van der Waals surface area contributed by atoms with Crippen LogP contribution < -0.4 is 0 Å². The average Bonchev–Trinajstić information content (AvgIpc) is 3.53. The van der Waals surface area contributed by atoms with Crippen molar-refractivity contribution in [2.45, 2.75) is 25.2 Å². The number of hydrogen-bond donors (Lipinski definition) is 1. The molecular formula is C26H21NO3. The Kier molecular flexibility index (Phi) is 4.47. The summed E-state index contributed by atoms with van der Waals surface area (Å²) in [6, 6.07) is 22.9. The van der Waals surface area contributed by atoms with Gasteiger partial charge in [0, 0.05) is 17.1 Å². The highest BCUT2D eigenvalue weighted by Crippen LogP contribution is 2.40. The molecule has 1 aliphatic carbocycles. The molecule has 148 valence electrons. The van der Waals surface area contributed by atoms with Gasteiger partial charge in [-0.3, -0.25) is 9.36 Å². The van der Waals surface area contributed by atoms with Crippen LogP contribution in [0.25, 0.3) is 10.9 Å². The Morgan fingerprint density at radius 2 is 1.73 bits per heavy atom. The predicted octanol–water partition coefficient (Wildman–Crippen LogP) is 5.50. The fourth-order valence-corrected chi connectivity index (χ4v) is 4.04. The van der Waals surface area contributed by atoms with Crippen molar-refractivity contribution >= 4 is 22.8 Å². The van der Waals surface area contributed by atoms with Crippen LogP contribution in [0.5, 0.6) is 0 Å². The van der Waals surface area contributed by atoms with Gasteiger partial charge in [0.25, 0.3) is 5.91 Å². The number of carboxylic acid groups (broad SMARTS) is 1. The summed E-state index contributed by atoms with van der Waals surface area (Å²) in [4.78, 5) is 24.6. The smallest absolute Gasteiger partial charge is 0.335 e. The van der Waals surface area contributed by atoms with E-state index < -0.39 is 5.97 Å². The molecule has 1 heterocycles. The quantitative estimate of drug-likeness (QED) is 0.486. The number of nitrogens with zero attached hydrogens (tertiary/aromatic N) is 1. The van der Waals surface area contributed by atoms with Gasteiger partial charge in [-0.1, -0.05) is 36.4 Å². The lowest BCUT2D eigenvalue weighted by atomic mass is 9.96. The first-order valence-corrected chi connectivity index (χ1v) is 10.2. The molecule has 4 heteroatoms. The van der Waals surface area contributed by atoms with Crippen molar-refractivity contribution in [3.05, 3.63) is 107 Å². The number of rotatable bonds is 5. The molecule has 5 rings (SSSR count). The number of carboxylic acids is 1. The molecule has 1 fully saturated rings. The predicted molar refractivity (Wildman–Crippen MR) is 116 cm³/mol. The van der Waals surface area contributed by atoms with E-state index in [1.165, 1.54) is 0 Å². The van der Waals surface area contributed by atoms with Crippen LogP contribution in [0.3, 0.4) is 0 Å². The van der Waals surface area contributed by atoms with Gasteiger partial charge in [0.05, 0.1) is 11.1 Å². The van der Waals surface area contributed by atoms with Gasteiger partial charge in [0.1, 0.15) is 0 Å². The Morgan fingerprint density at radius 3 is 2.47 bits per heavy atom. The van der Waals surface area contributed by atoms with Crippen molar-refractivity contribution in [2.24, 2.45) is 0 Å². The van der Waals surface area contributed by atoms with E-state index in [2.05, 4.69) is 6.07 Å². The van der Waals surface area contributed by atoms with Gasteiger partial charge in [0.2, 0.25) is 0 Å². The maximum atomic E-state index is 12.8. The summed E-state index contributed by atoms with van der Waals surface area (Å²) in [7, 11) is 0. The van der Waals surface area contributed by atoms with Crippen LogP contribution in [0.4, 0.5) is 0 Å². The van der Waals surface area contributed by atoms with Gasteiger partial charge in [-0.2, -0.15) is 0 Å². The molecule has 0 atom stereocenters. The van der Waals surface area contributed by atoms with Crippen LogP contribution in [-0.4, -0.2) is 21.6 Å². The van der Waals surface area contributed by atoms with E-state index >= 15 is 0 Å². The summed E-state index contributed by atoms with van der Waals surface area (Å²) in [5.74, 6) is -0.425. The first kappa shape index (κ1) is 18.4. The highest BCUT2D eigenvalue weighted by atomic mass is 16.4. The van der Waals surface area contributed by atoms with Crippen molar-refractivity contribution in [3.63, 3.8) is 0 Å². The molecule has 0 radical (unpaired) electrons. The second kappa shape index (κ2) is 7.30. The van der Waals surface area contributed by atoms with E-state index in [1.54, 1.807) is 22.9 Å². The molecular weight excluding hydrogens is 374 g/mol. The van der Waals surface area contributed by atoms with Crippen LogP contribution >= 0.6 is 0 Å². The number of aromatic nitrogens is 1. The third kappa shape index (κ3) is 3.41. The summed E-state index contributed by atoms with van der Waals surface area (Å²) in [6.45, 7) is 0. The van der Waals surface area contributed by atoms with Crippen LogP contribution in [-0.2, 0) is 6.42 Å². The maximum Gasteiger partial charge on any atom is 0.335 e. The second-order valence-corrected chi connectivity index (χ2v) is 7.92. The average molecular weight is 395 g/mol. The Morgan fingerprint density at radius 1 is 0.933 bits per heavy atom. The lowest BCUT2D eigenvalue weighted by Gasteiger charge is -2.10. The lowest BCUT2D eigenvalue weighted by molar-refractivity contribution is 0.0695. The summed E-state index contributed by atoms with van der Waals surface area (Å²) in [5.41, 5.74) is 4.83. The van der Waals surface area contributed by atoms with Crippen molar-refractivity contribution in [1.82, 2.24) is 4.57 Å². The molecule has 0 unspecified atom stereocenters. The fraction of sp³-hybridized carbons (Fsp3) is 0.154. The first-order valence-electron chi connectivity index (χ1n) is 10.2. The van der Waals surface area contributed by atoms with Gasteiger partial charge < -0.3 is 5.11 Å². The number of hydrogen-bond acceptors (Lipinski definition) is 2. The highest BCUT2D eigenvalue weighted by molar-refractivity contribution is 6.02. The molecule has 1 aromatic heterocycles. The van der Waals surface area contributed by atoms with Crippen LogP contribution in [0, 0.1) is 0 Å². The molecule has 0 bridgehead atoms. The monoisotopic (exact) mass is 395 g/mol. The Hall–Kier alpha value is -3.66. The molecule has 4 aromatic rings. The zero-order valence-electron chi connectivity index (χ0n) is 16.4. The van der Waals surface area contributed by atoms with E-state index in [-0.39, 0.29) is 5.91 Å². The molecule has 1 saturated carbocycles. The summed E-state index contributed by atoms with van der Waals surface area (Å²) < 4.78 is 1.65. The zero-order valence-corrected chi connectivity index (χ0v) is 16.4. The number of aromatic carboxylic acids is 1. The standard InChI is InChI=1S/C26H21NO3/c28-25(19-4-2-1-3-5-19)27-13-12-22-15-17(6-11-24(22)27)14-21-10-9-20(18-7-8-18)16-23(21)26(29)30/h1-6,9-13,15-16,18H,7-8,14H2,(H,29,30). The van der Waals surface area contributed by atoms with Crippen LogP contribution in [0.15, 0.2) is 79.0 Å². The number of carbonyl (C=O) groups is 2. The third-order valence-electron chi connectivity index (χ3n) is 5.80. The molecule has 0 spiro atoms. The van der Waals surface area contributed by atoms with Crippen LogP contribution in [0.2, 0.25) is 0 Å². The van der Waals surface area contributed by atoms with Crippen molar-refractivity contribution in [3.8, 4) is 0 Å². The molecule has 0 amide bonds. The normalized spacial score (nSPS) is 13.5. The fourth-order valence-electron chi connectivity index (χ4n) is 4.04. The summed E-state index contributed by atoms with van der Waals surface area (Å²) in [5, 5.41) is 10.6. The van der Waals surface area contributed by atoms with Crippen molar-refractivity contribution in [2.75, 3.05) is 0 Å². The van der Waals surface area contributed by atoms with Gasteiger partial charge in [-0.15, -0.1) is 0 Å². The van der Waals surface area contributed by atoms with Crippen molar-refractivity contribution in [1.29, 1.82) is 0 Å². The summed E-state index contributed by atoms with van der Waals surface area (Å²) >= 11 is 0. The number of carbonyl (C=O) groups excluding carboxylic acids is 1. The number of fused-ring (bicyclic) bond motifs is 1. The van der Waals surface area contributed by atoms with Gasteiger partial charge in [0.15, 0.2) is 0 Å². The van der Waals surface area contributed by atoms with Gasteiger partial charge in [-0.05, 0) is 78.3 Å². The minimum absolute atomic E-state index is 0.0674. The minimum atomic E-state index is -0.881. The molecule has 4 nitrogen and oxygen atoms in total. The summed E-state index contributed by atoms with van der Waals surface area (Å²) in [6.07, 6.45) is 4.62. The Balaban J connectivity index is 1.45. The largest absolute Gasteiger partial charge is 0.478 e. The van der Waals surface area contributed by atoms with E-state index in [0.717, 1.165) is 40.4 Å². The lowest BCUT2D eigenvalue weighted by Crippen LogP contribution is -2.10. The SMILES string of the molecule is O=C(O)c1cc(C2CC2)ccc1Cc1ccc2c(ccn2C(=O)c2ccccc2)c1. The third-order valence-corrected chi connectivity index (χ3v) is 5.80. The zero-order chi connectivity index (χ0) is 20.7. The first-order chi connectivity index (χ1) is 14.6. The Bertz CT molecular complexity index is 1270. The second-order valence-electron chi connectivity index (χ2n) is 7.92. The topological polar surface area (TPSA) is 59.3 Å². The van der Waals surface area contributed by atoms with Gasteiger partial charge in [-0.25, -0.2) is 4.79 Å². The molecule has 1 N–H and O–H groups in total. The van der Waals surface area contributed by atoms with E-state index in [0.29, 0.717) is 23.5 Å². The van der Waals surface area contributed by atoms with E-state index in [1.807, 2.05) is 54.6 Å². The van der Waals surface area contributed by atoms with E-state index in [4.69, 9.17) is 0 Å². The van der Waals surface area contributed by atoms with Gasteiger partial charge >= 0.3 is 5.97 Å². The minimum Gasteiger partial charge on any atom is -0.478 e. The number of benzene rings is 3. The molecule has 0 aliphatic heterocycles. The van der Waals surface area contributed by atoms with Crippen molar-refractivity contribution < 1.29 is 14.7 Å². The highest BCUT2D eigenvalue weighted by Gasteiger charge is 2.25. The molecule has 3 aromatic carbocycles. The molecule has 1 aliphatic rings. The van der Waals surface area contributed by atoms with Crippen LogP contribution in [0.1, 0.15) is 56.2 Å². The Labute approximate surface area is 174 Å². The molecule has 30 heavy (non-hydrogen) atoms. The van der Waals surface area contributed by atoms with E-state index in [9.17, 15) is 14.7 Å².